The molecule has 7 heteroatoms. The van der Waals surface area contributed by atoms with Gasteiger partial charge in [0.25, 0.3) is 5.91 Å². The molecule has 0 unspecified atom stereocenters. The number of rotatable bonds is 6. The molecule has 0 radical (unpaired) electrons. The standard InChI is InChI=1S/C10H16N4O3/c1-7-5-8(14-17-7)10(16)13-6-9(15)12-4-3-11-2/h5,11H,3-4,6H2,1-2H3,(H,12,15)(H,13,16). The zero-order chi connectivity index (χ0) is 12.7. The fraction of sp³-hybridized carbons (Fsp3) is 0.500. The molecule has 1 aromatic rings. The molecule has 0 aliphatic rings. The van der Waals surface area contributed by atoms with Gasteiger partial charge in [-0.15, -0.1) is 0 Å². The Bertz CT molecular complexity index is 389. The minimum atomic E-state index is -0.425. The lowest BCUT2D eigenvalue weighted by atomic mass is 10.3. The number of nitrogens with one attached hydrogen (secondary N) is 3. The Balaban J connectivity index is 2.26. The number of carbonyl (C=O) groups excluding carboxylic acids is 2. The van der Waals surface area contributed by atoms with Gasteiger partial charge in [0.2, 0.25) is 5.91 Å². The number of aromatic nitrogens is 1. The van der Waals surface area contributed by atoms with E-state index in [0.717, 1.165) is 0 Å². The Kier molecular flexibility index (Phi) is 5.15. The average molecular weight is 240 g/mol. The highest BCUT2D eigenvalue weighted by molar-refractivity contribution is 5.94. The molecule has 2 amide bonds. The van der Waals surface area contributed by atoms with Crippen molar-refractivity contribution in [1.82, 2.24) is 21.1 Å². The third-order valence-electron chi connectivity index (χ3n) is 1.97. The normalized spacial score (nSPS) is 10.0. The van der Waals surface area contributed by atoms with Crippen LogP contribution in [-0.2, 0) is 4.79 Å². The molecule has 0 atom stereocenters. The molecule has 0 bridgehead atoms. The summed E-state index contributed by atoms with van der Waals surface area (Å²) in [6.45, 7) is 2.82. The molecule has 0 fully saturated rings. The van der Waals surface area contributed by atoms with Crippen molar-refractivity contribution in [3.8, 4) is 0 Å². The molecular formula is C10H16N4O3. The number of hydrogen-bond donors (Lipinski definition) is 3. The highest BCUT2D eigenvalue weighted by Gasteiger charge is 2.11. The summed E-state index contributed by atoms with van der Waals surface area (Å²) in [6.07, 6.45) is 0. The van der Waals surface area contributed by atoms with Crippen LogP contribution in [-0.4, -0.2) is 43.7 Å². The minimum Gasteiger partial charge on any atom is -0.361 e. The van der Waals surface area contributed by atoms with E-state index >= 15 is 0 Å². The summed E-state index contributed by atoms with van der Waals surface area (Å²) in [4.78, 5) is 22.7. The topological polar surface area (TPSA) is 96.3 Å². The van der Waals surface area contributed by atoms with Crippen LogP contribution in [0.2, 0.25) is 0 Å². The first-order valence-electron chi connectivity index (χ1n) is 5.26. The lowest BCUT2D eigenvalue weighted by Crippen LogP contribution is -2.39. The SMILES string of the molecule is CNCCNC(=O)CNC(=O)c1cc(C)on1. The van der Waals surface area contributed by atoms with E-state index in [2.05, 4.69) is 21.1 Å². The Morgan fingerprint density at radius 3 is 2.71 bits per heavy atom. The minimum absolute atomic E-state index is 0.0749. The molecule has 7 nitrogen and oxygen atoms in total. The van der Waals surface area contributed by atoms with Crippen LogP contribution >= 0.6 is 0 Å². The summed E-state index contributed by atoms with van der Waals surface area (Å²) in [7, 11) is 1.79. The summed E-state index contributed by atoms with van der Waals surface area (Å²) in [5, 5.41) is 11.5. The maximum atomic E-state index is 11.5. The number of likely N-dealkylation sites (N-methyl/N-ethyl adjacent to an activating group) is 1. The maximum absolute atomic E-state index is 11.5. The smallest absolute Gasteiger partial charge is 0.273 e. The molecule has 0 aliphatic heterocycles. The first-order valence-corrected chi connectivity index (χ1v) is 5.26. The lowest BCUT2D eigenvalue weighted by molar-refractivity contribution is -0.120. The van der Waals surface area contributed by atoms with Gasteiger partial charge in [0.1, 0.15) is 5.76 Å². The monoisotopic (exact) mass is 240 g/mol. The quantitative estimate of drug-likeness (QED) is 0.557. The second-order valence-electron chi connectivity index (χ2n) is 3.46. The van der Waals surface area contributed by atoms with Crippen LogP contribution in [0.4, 0.5) is 0 Å². The van der Waals surface area contributed by atoms with Gasteiger partial charge >= 0.3 is 0 Å². The number of hydrogen-bond acceptors (Lipinski definition) is 5. The predicted molar refractivity (Wildman–Crippen MR) is 60.5 cm³/mol. The third-order valence-corrected chi connectivity index (χ3v) is 1.97. The number of nitrogens with zero attached hydrogens (tertiary/aromatic N) is 1. The van der Waals surface area contributed by atoms with Gasteiger partial charge in [-0.05, 0) is 14.0 Å². The Hall–Kier alpha value is -1.89. The summed E-state index contributed by atoms with van der Waals surface area (Å²) in [5.41, 5.74) is 0.172. The summed E-state index contributed by atoms with van der Waals surface area (Å²) in [6, 6.07) is 1.51. The Morgan fingerprint density at radius 2 is 2.12 bits per heavy atom. The molecule has 94 valence electrons. The van der Waals surface area contributed by atoms with Crippen molar-refractivity contribution in [2.45, 2.75) is 6.92 Å². The summed E-state index contributed by atoms with van der Waals surface area (Å²) in [5.74, 6) is -0.118. The van der Waals surface area contributed by atoms with Crippen LogP contribution < -0.4 is 16.0 Å². The fourth-order valence-corrected chi connectivity index (χ4v) is 1.11. The summed E-state index contributed by atoms with van der Waals surface area (Å²) >= 11 is 0. The van der Waals surface area contributed by atoms with E-state index in [9.17, 15) is 9.59 Å². The highest BCUT2D eigenvalue weighted by Crippen LogP contribution is 2.00. The molecule has 1 rings (SSSR count). The van der Waals surface area contributed by atoms with Crippen molar-refractivity contribution < 1.29 is 14.1 Å². The van der Waals surface area contributed by atoms with Crippen LogP contribution in [0.1, 0.15) is 16.2 Å². The number of carbonyl (C=O) groups is 2. The molecule has 1 heterocycles. The van der Waals surface area contributed by atoms with Crippen LogP contribution in [0.5, 0.6) is 0 Å². The van der Waals surface area contributed by atoms with Gasteiger partial charge < -0.3 is 20.5 Å². The second kappa shape index (κ2) is 6.64. The fourth-order valence-electron chi connectivity index (χ4n) is 1.11. The largest absolute Gasteiger partial charge is 0.361 e. The van der Waals surface area contributed by atoms with Crippen molar-refractivity contribution in [2.75, 3.05) is 26.7 Å². The van der Waals surface area contributed by atoms with Crippen molar-refractivity contribution in [3.63, 3.8) is 0 Å². The van der Waals surface area contributed by atoms with Gasteiger partial charge in [-0.3, -0.25) is 9.59 Å². The summed E-state index contributed by atoms with van der Waals surface area (Å²) < 4.78 is 4.75. The first kappa shape index (κ1) is 13.2. The lowest BCUT2D eigenvalue weighted by Gasteiger charge is -2.05. The second-order valence-corrected chi connectivity index (χ2v) is 3.46. The molecule has 0 saturated carbocycles. The Labute approximate surface area is 98.9 Å². The zero-order valence-corrected chi connectivity index (χ0v) is 9.87. The van der Waals surface area contributed by atoms with Gasteiger partial charge in [0.05, 0.1) is 6.54 Å². The molecule has 0 spiro atoms. The van der Waals surface area contributed by atoms with Gasteiger partial charge in [-0.2, -0.15) is 0 Å². The van der Waals surface area contributed by atoms with Gasteiger partial charge in [-0.1, -0.05) is 5.16 Å². The van der Waals surface area contributed by atoms with Crippen molar-refractivity contribution in [3.05, 3.63) is 17.5 Å². The van der Waals surface area contributed by atoms with E-state index in [0.29, 0.717) is 18.8 Å². The van der Waals surface area contributed by atoms with Crippen LogP contribution in [0.3, 0.4) is 0 Å². The molecule has 17 heavy (non-hydrogen) atoms. The van der Waals surface area contributed by atoms with Gasteiger partial charge in [-0.25, -0.2) is 0 Å². The van der Waals surface area contributed by atoms with E-state index in [4.69, 9.17) is 4.52 Å². The first-order chi connectivity index (χ1) is 8.13. The van der Waals surface area contributed by atoms with E-state index in [1.807, 2.05) is 0 Å². The molecule has 3 N–H and O–H groups in total. The van der Waals surface area contributed by atoms with Crippen molar-refractivity contribution in [2.24, 2.45) is 0 Å². The van der Waals surface area contributed by atoms with Crippen molar-refractivity contribution >= 4 is 11.8 Å². The van der Waals surface area contributed by atoms with E-state index in [1.54, 1.807) is 14.0 Å². The van der Waals surface area contributed by atoms with Crippen LogP contribution in [0, 0.1) is 6.92 Å². The number of aryl methyl sites for hydroxylation is 1. The molecular weight excluding hydrogens is 224 g/mol. The molecule has 0 saturated heterocycles. The predicted octanol–water partition coefficient (Wildman–Crippen LogP) is -0.952. The molecule has 1 aromatic heterocycles. The third kappa shape index (κ3) is 4.64. The van der Waals surface area contributed by atoms with Crippen molar-refractivity contribution in [1.29, 1.82) is 0 Å². The maximum Gasteiger partial charge on any atom is 0.273 e. The average Bonchev–Trinajstić information content (AvgIpc) is 2.73. The molecule has 0 aromatic carbocycles. The zero-order valence-electron chi connectivity index (χ0n) is 9.87. The highest BCUT2D eigenvalue weighted by atomic mass is 16.5. The van der Waals surface area contributed by atoms with Crippen LogP contribution in [0.15, 0.2) is 10.6 Å². The Morgan fingerprint density at radius 1 is 1.35 bits per heavy atom. The van der Waals surface area contributed by atoms with E-state index in [1.165, 1.54) is 6.07 Å². The van der Waals surface area contributed by atoms with Gasteiger partial charge in [0, 0.05) is 19.2 Å². The van der Waals surface area contributed by atoms with Crippen LogP contribution in [0.25, 0.3) is 0 Å². The van der Waals surface area contributed by atoms with E-state index in [-0.39, 0.29) is 18.1 Å². The van der Waals surface area contributed by atoms with E-state index < -0.39 is 5.91 Å². The van der Waals surface area contributed by atoms with Gasteiger partial charge in [0.15, 0.2) is 5.69 Å². The number of amides is 2. The molecule has 0 aliphatic carbocycles.